The van der Waals surface area contributed by atoms with Gasteiger partial charge in [0.2, 0.25) is 0 Å². The van der Waals surface area contributed by atoms with Gasteiger partial charge in [-0.2, -0.15) is 0 Å². The lowest BCUT2D eigenvalue weighted by Crippen LogP contribution is -2.17. The second-order valence-electron chi connectivity index (χ2n) is 4.98. The van der Waals surface area contributed by atoms with E-state index in [9.17, 15) is 0 Å². The summed E-state index contributed by atoms with van der Waals surface area (Å²) >= 11 is 0. The van der Waals surface area contributed by atoms with Crippen molar-refractivity contribution in [2.24, 2.45) is 5.73 Å². The van der Waals surface area contributed by atoms with Crippen LogP contribution in [0.15, 0.2) is 18.2 Å². The minimum absolute atomic E-state index is 0.497. The van der Waals surface area contributed by atoms with Crippen LogP contribution in [0.3, 0.4) is 0 Å². The third-order valence-corrected chi connectivity index (χ3v) is 3.89. The Balaban J connectivity index is 2.12. The number of fused-ring (bicyclic) bond motifs is 3. The fourth-order valence-corrected chi connectivity index (χ4v) is 3.03. The number of hydrogen-bond acceptors (Lipinski definition) is 2. The number of aryl methyl sites for hydroxylation is 1. The molecule has 1 unspecified atom stereocenters. The van der Waals surface area contributed by atoms with Crippen LogP contribution < -0.4 is 10.5 Å². The molecular weight excluding hydrogens is 224 g/mol. The predicted molar refractivity (Wildman–Crippen MR) is 74.2 cm³/mol. The van der Waals surface area contributed by atoms with E-state index in [4.69, 9.17) is 10.5 Å². The van der Waals surface area contributed by atoms with E-state index >= 15 is 0 Å². The number of aromatic nitrogens is 1. The summed E-state index contributed by atoms with van der Waals surface area (Å²) < 4.78 is 5.59. The predicted octanol–water partition coefficient (Wildman–Crippen LogP) is 2.95. The Bertz CT molecular complexity index is 559. The van der Waals surface area contributed by atoms with Crippen molar-refractivity contribution >= 4 is 10.9 Å². The molecular formula is C15H20N2O. The molecule has 0 fully saturated rings. The lowest BCUT2D eigenvalue weighted by Gasteiger charge is -2.20. The van der Waals surface area contributed by atoms with E-state index in [1.54, 1.807) is 0 Å². The van der Waals surface area contributed by atoms with Crippen molar-refractivity contribution in [2.75, 3.05) is 13.2 Å². The van der Waals surface area contributed by atoms with Gasteiger partial charge in [0.05, 0.1) is 6.61 Å². The molecule has 1 aromatic carbocycles. The molecule has 1 aliphatic carbocycles. The average Bonchev–Trinajstić information content (AvgIpc) is 2.77. The summed E-state index contributed by atoms with van der Waals surface area (Å²) in [7, 11) is 0. The summed E-state index contributed by atoms with van der Waals surface area (Å²) in [5, 5.41) is 1.31. The minimum atomic E-state index is 0.497. The Kier molecular flexibility index (Phi) is 3.00. The maximum Gasteiger partial charge on any atom is 0.120 e. The minimum Gasteiger partial charge on any atom is -0.494 e. The second-order valence-corrected chi connectivity index (χ2v) is 4.98. The summed E-state index contributed by atoms with van der Waals surface area (Å²) in [4.78, 5) is 3.55. The van der Waals surface area contributed by atoms with Crippen LogP contribution in [0, 0.1) is 0 Å². The highest BCUT2D eigenvalue weighted by Gasteiger charge is 2.23. The van der Waals surface area contributed by atoms with E-state index in [1.807, 2.05) is 13.0 Å². The maximum atomic E-state index is 5.87. The summed E-state index contributed by atoms with van der Waals surface area (Å²) in [5.41, 5.74) is 9.89. The molecule has 1 aromatic heterocycles. The summed E-state index contributed by atoms with van der Waals surface area (Å²) in [6.45, 7) is 3.46. The number of ether oxygens (including phenoxy) is 1. The molecule has 0 spiro atoms. The van der Waals surface area contributed by atoms with E-state index in [2.05, 4.69) is 17.1 Å². The molecule has 0 aliphatic heterocycles. The van der Waals surface area contributed by atoms with E-state index in [0.717, 1.165) is 18.7 Å². The summed E-state index contributed by atoms with van der Waals surface area (Å²) in [5.74, 6) is 1.46. The van der Waals surface area contributed by atoms with Gasteiger partial charge in [-0.05, 0) is 49.9 Å². The van der Waals surface area contributed by atoms with Gasteiger partial charge in [-0.1, -0.05) is 0 Å². The van der Waals surface area contributed by atoms with Gasteiger partial charge < -0.3 is 15.5 Å². The average molecular weight is 244 g/mol. The van der Waals surface area contributed by atoms with Gasteiger partial charge in [-0.25, -0.2) is 0 Å². The fourth-order valence-electron chi connectivity index (χ4n) is 3.03. The lowest BCUT2D eigenvalue weighted by molar-refractivity contribution is 0.340. The highest BCUT2D eigenvalue weighted by Crippen LogP contribution is 2.36. The largest absolute Gasteiger partial charge is 0.494 e. The Morgan fingerprint density at radius 3 is 3.11 bits per heavy atom. The number of hydrogen-bond donors (Lipinski definition) is 2. The quantitative estimate of drug-likeness (QED) is 0.872. The first-order valence-electron chi connectivity index (χ1n) is 6.80. The second kappa shape index (κ2) is 4.65. The first kappa shape index (κ1) is 11.6. The molecule has 18 heavy (non-hydrogen) atoms. The van der Waals surface area contributed by atoms with Crippen molar-refractivity contribution in [1.82, 2.24) is 4.98 Å². The smallest absolute Gasteiger partial charge is 0.120 e. The number of benzene rings is 1. The van der Waals surface area contributed by atoms with Crippen LogP contribution in [0.1, 0.15) is 36.9 Å². The van der Waals surface area contributed by atoms with Crippen LogP contribution in [-0.4, -0.2) is 18.1 Å². The number of nitrogens with two attached hydrogens (primary N) is 1. The Hall–Kier alpha value is -1.48. The van der Waals surface area contributed by atoms with Crippen LogP contribution in [-0.2, 0) is 6.42 Å². The van der Waals surface area contributed by atoms with Gasteiger partial charge in [0.15, 0.2) is 0 Å². The molecule has 1 heterocycles. The Labute approximate surface area is 107 Å². The van der Waals surface area contributed by atoms with Gasteiger partial charge >= 0.3 is 0 Å². The standard InChI is InChI=1S/C15H20N2O/c1-2-18-11-6-7-14-13(8-11)12-5-3-4-10(9-16)15(12)17-14/h6-8,10,17H,2-5,9,16H2,1H3. The number of aromatic amines is 1. The van der Waals surface area contributed by atoms with E-state index in [1.165, 1.54) is 35.0 Å². The fraction of sp³-hybridized carbons (Fsp3) is 0.467. The SMILES string of the molecule is CCOc1ccc2[nH]c3c(c2c1)CCCC3CN. The zero-order valence-corrected chi connectivity index (χ0v) is 10.8. The monoisotopic (exact) mass is 244 g/mol. The van der Waals surface area contributed by atoms with Crippen LogP contribution in [0.2, 0.25) is 0 Å². The van der Waals surface area contributed by atoms with Gasteiger partial charge in [-0.15, -0.1) is 0 Å². The summed E-state index contributed by atoms with van der Waals surface area (Å²) in [6, 6.07) is 6.31. The van der Waals surface area contributed by atoms with Crippen LogP contribution in [0.25, 0.3) is 10.9 Å². The normalized spacial score (nSPS) is 18.9. The maximum absolute atomic E-state index is 5.87. The van der Waals surface area contributed by atoms with Crippen LogP contribution in [0.5, 0.6) is 5.75 Å². The Morgan fingerprint density at radius 2 is 2.33 bits per heavy atom. The first-order valence-corrected chi connectivity index (χ1v) is 6.80. The molecule has 3 rings (SSSR count). The zero-order valence-electron chi connectivity index (χ0n) is 10.8. The molecule has 1 atom stereocenters. The molecule has 3 N–H and O–H groups in total. The van der Waals surface area contributed by atoms with Crippen molar-refractivity contribution < 1.29 is 4.74 Å². The van der Waals surface area contributed by atoms with E-state index < -0.39 is 0 Å². The summed E-state index contributed by atoms with van der Waals surface area (Å²) in [6.07, 6.45) is 3.59. The number of H-pyrrole nitrogens is 1. The number of nitrogens with one attached hydrogen (secondary N) is 1. The molecule has 0 amide bonds. The van der Waals surface area contributed by atoms with E-state index in [0.29, 0.717) is 12.5 Å². The van der Waals surface area contributed by atoms with Crippen LogP contribution in [0.4, 0.5) is 0 Å². The van der Waals surface area contributed by atoms with Gasteiger partial charge in [-0.3, -0.25) is 0 Å². The van der Waals surface area contributed by atoms with Crippen molar-refractivity contribution in [3.05, 3.63) is 29.5 Å². The third-order valence-electron chi connectivity index (χ3n) is 3.89. The topological polar surface area (TPSA) is 51.0 Å². The molecule has 1 aliphatic rings. The Morgan fingerprint density at radius 1 is 1.44 bits per heavy atom. The molecule has 0 radical (unpaired) electrons. The van der Waals surface area contributed by atoms with Gasteiger partial charge in [0.25, 0.3) is 0 Å². The third kappa shape index (κ3) is 1.79. The molecule has 0 saturated carbocycles. The van der Waals surface area contributed by atoms with E-state index in [-0.39, 0.29) is 0 Å². The van der Waals surface area contributed by atoms with Crippen molar-refractivity contribution in [3.63, 3.8) is 0 Å². The molecule has 96 valence electrons. The lowest BCUT2D eigenvalue weighted by atomic mass is 9.87. The highest BCUT2D eigenvalue weighted by atomic mass is 16.5. The molecule has 0 saturated heterocycles. The highest BCUT2D eigenvalue weighted by molar-refractivity contribution is 5.86. The first-order chi connectivity index (χ1) is 8.83. The number of rotatable bonds is 3. The van der Waals surface area contributed by atoms with Crippen LogP contribution >= 0.6 is 0 Å². The van der Waals surface area contributed by atoms with Gasteiger partial charge in [0.1, 0.15) is 5.75 Å². The van der Waals surface area contributed by atoms with Crippen molar-refractivity contribution in [1.29, 1.82) is 0 Å². The molecule has 2 aromatic rings. The van der Waals surface area contributed by atoms with Crippen molar-refractivity contribution in [2.45, 2.75) is 32.1 Å². The van der Waals surface area contributed by atoms with Gasteiger partial charge in [0, 0.05) is 29.1 Å². The zero-order chi connectivity index (χ0) is 12.5. The van der Waals surface area contributed by atoms with Crippen molar-refractivity contribution in [3.8, 4) is 5.75 Å². The molecule has 0 bridgehead atoms. The molecule has 3 nitrogen and oxygen atoms in total. The molecule has 3 heteroatoms.